The van der Waals surface area contributed by atoms with Crippen LogP contribution in [0.3, 0.4) is 0 Å². The van der Waals surface area contributed by atoms with Crippen molar-refractivity contribution >= 4 is 16.5 Å². The highest BCUT2D eigenvalue weighted by atomic mass is 32.1. The standard InChI is InChI=1S/C9H13N3OS/c1-2-6(1)8-7(3-4-13-8)11-9-12-10-5-14-9/h5-8H,1-4H2,(H,11,12). The first kappa shape index (κ1) is 8.61. The van der Waals surface area contributed by atoms with E-state index in [-0.39, 0.29) is 0 Å². The maximum atomic E-state index is 5.73. The van der Waals surface area contributed by atoms with Gasteiger partial charge in [-0.25, -0.2) is 0 Å². The smallest absolute Gasteiger partial charge is 0.205 e. The molecule has 1 saturated heterocycles. The number of nitrogens with one attached hydrogen (secondary N) is 1. The van der Waals surface area contributed by atoms with Crippen molar-refractivity contribution in [3.8, 4) is 0 Å². The zero-order valence-corrected chi connectivity index (χ0v) is 8.67. The molecule has 1 aliphatic heterocycles. The summed E-state index contributed by atoms with van der Waals surface area (Å²) in [6, 6.07) is 0.454. The molecule has 2 unspecified atom stereocenters. The van der Waals surface area contributed by atoms with Crippen LogP contribution in [0.15, 0.2) is 5.51 Å². The third-order valence-electron chi connectivity index (χ3n) is 2.89. The van der Waals surface area contributed by atoms with Crippen molar-refractivity contribution in [2.24, 2.45) is 5.92 Å². The van der Waals surface area contributed by atoms with E-state index >= 15 is 0 Å². The summed E-state index contributed by atoms with van der Waals surface area (Å²) in [6.45, 7) is 0.887. The number of aromatic nitrogens is 2. The van der Waals surface area contributed by atoms with Crippen LogP contribution in [0.1, 0.15) is 19.3 Å². The lowest BCUT2D eigenvalue weighted by molar-refractivity contribution is 0.0898. The SMILES string of the molecule is c1nnc(NC2CCOC2C2CC2)s1. The first-order chi connectivity index (χ1) is 6.93. The van der Waals surface area contributed by atoms with E-state index in [4.69, 9.17) is 4.74 Å². The molecule has 3 rings (SSSR count). The molecule has 0 amide bonds. The molecular weight excluding hydrogens is 198 g/mol. The van der Waals surface area contributed by atoms with Crippen molar-refractivity contribution in [1.82, 2.24) is 10.2 Å². The molecule has 2 fully saturated rings. The Labute approximate surface area is 86.7 Å². The predicted octanol–water partition coefficient (Wildman–Crippen LogP) is 1.52. The largest absolute Gasteiger partial charge is 0.376 e. The van der Waals surface area contributed by atoms with Crippen molar-refractivity contribution in [2.45, 2.75) is 31.4 Å². The molecule has 1 aromatic heterocycles. The molecule has 0 bridgehead atoms. The molecule has 2 heterocycles. The number of ether oxygens (including phenoxy) is 1. The minimum Gasteiger partial charge on any atom is -0.376 e. The molecule has 1 N–H and O–H groups in total. The van der Waals surface area contributed by atoms with Gasteiger partial charge in [-0.1, -0.05) is 11.3 Å². The summed E-state index contributed by atoms with van der Waals surface area (Å²) in [7, 11) is 0. The summed E-state index contributed by atoms with van der Waals surface area (Å²) < 4.78 is 5.73. The molecule has 0 radical (unpaired) electrons. The van der Waals surface area contributed by atoms with Gasteiger partial charge >= 0.3 is 0 Å². The van der Waals surface area contributed by atoms with E-state index in [1.165, 1.54) is 12.8 Å². The lowest BCUT2D eigenvalue weighted by atomic mass is 10.1. The van der Waals surface area contributed by atoms with Crippen LogP contribution in [0.2, 0.25) is 0 Å². The monoisotopic (exact) mass is 211 g/mol. The van der Waals surface area contributed by atoms with Crippen LogP contribution in [-0.2, 0) is 4.74 Å². The average Bonchev–Trinajstić information content (AvgIpc) is 2.74. The summed E-state index contributed by atoms with van der Waals surface area (Å²) >= 11 is 1.56. The van der Waals surface area contributed by atoms with Gasteiger partial charge in [0.25, 0.3) is 0 Å². The van der Waals surface area contributed by atoms with Gasteiger partial charge in [0.1, 0.15) is 5.51 Å². The van der Waals surface area contributed by atoms with E-state index in [2.05, 4.69) is 15.5 Å². The second kappa shape index (κ2) is 3.47. The van der Waals surface area contributed by atoms with Crippen LogP contribution in [-0.4, -0.2) is 29.0 Å². The summed E-state index contributed by atoms with van der Waals surface area (Å²) in [5, 5.41) is 12.1. The molecule has 0 spiro atoms. The number of anilines is 1. The highest BCUT2D eigenvalue weighted by Gasteiger charge is 2.40. The van der Waals surface area contributed by atoms with Crippen molar-refractivity contribution in [3.63, 3.8) is 0 Å². The minimum atomic E-state index is 0.416. The van der Waals surface area contributed by atoms with Crippen molar-refractivity contribution < 1.29 is 4.74 Å². The van der Waals surface area contributed by atoms with Crippen LogP contribution in [0.25, 0.3) is 0 Å². The average molecular weight is 211 g/mol. The fourth-order valence-corrected chi connectivity index (χ4v) is 2.56. The molecule has 0 aromatic carbocycles. The summed E-state index contributed by atoms with van der Waals surface area (Å²) in [4.78, 5) is 0. The van der Waals surface area contributed by atoms with Crippen LogP contribution < -0.4 is 5.32 Å². The highest BCUT2D eigenvalue weighted by Crippen LogP contribution is 2.39. The molecule has 1 aromatic rings. The molecule has 5 heteroatoms. The van der Waals surface area contributed by atoms with E-state index in [1.807, 2.05) is 0 Å². The Bertz CT molecular complexity index is 299. The Kier molecular flexibility index (Phi) is 2.14. The maximum Gasteiger partial charge on any atom is 0.205 e. The second-order valence-corrected chi connectivity index (χ2v) is 4.79. The zero-order valence-electron chi connectivity index (χ0n) is 7.85. The highest BCUT2D eigenvalue weighted by molar-refractivity contribution is 7.13. The van der Waals surface area contributed by atoms with E-state index in [0.717, 1.165) is 24.1 Å². The van der Waals surface area contributed by atoms with Gasteiger partial charge in [-0.3, -0.25) is 0 Å². The van der Waals surface area contributed by atoms with Gasteiger partial charge in [-0.05, 0) is 25.2 Å². The third-order valence-corrected chi connectivity index (χ3v) is 3.51. The predicted molar refractivity (Wildman–Crippen MR) is 54.4 cm³/mol. The van der Waals surface area contributed by atoms with Crippen molar-refractivity contribution in [1.29, 1.82) is 0 Å². The van der Waals surface area contributed by atoms with Crippen LogP contribution >= 0.6 is 11.3 Å². The Morgan fingerprint density at radius 3 is 3.07 bits per heavy atom. The molecule has 14 heavy (non-hydrogen) atoms. The first-order valence-corrected chi connectivity index (χ1v) is 5.96. The molecule has 76 valence electrons. The number of nitrogens with zero attached hydrogens (tertiary/aromatic N) is 2. The Morgan fingerprint density at radius 2 is 2.36 bits per heavy atom. The molecule has 1 saturated carbocycles. The van der Waals surface area contributed by atoms with Crippen LogP contribution in [0.5, 0.6) is 0 Å². The number of hydrogen-bond acceptors (Lipinski definition) is 5. The Morgan fingerprint density at radius 1 is 1.43 bits per heavy atom. The maximum absolute atomic E-state index is 5.73. The second-order valence-electron chi connectivity index (χ2n) is 3.96. The quantitative estimate of drug-likeness (QED) is 0.823. The van der Waals surface area contributed by atoms with E-state index < -0.39 is 0 Å². The molecular formula is C9H13N3OS. The van der Waals surface area contributed by atoms with Gasteiger partial charge in [0.15, 0.2) is 0 Å². The van der Waals surface area contributed by atoms with Gasteiger partial charge in [-0.15, -0.1) is 10.2 Å². The van der Waals surface area contributed by atoms with Gasteiger partial charge < -0.3 is 10.1 Å². The van der Waals surface area contributed by atoms with Crippen LogP contribution in [0.4, 0.5) is 5.13 Å². The Hall–Kier alpha value is -0.680. The number of rotatable bonds is 3. The third kappa shape index (κ3) is 1.62. The molecule has 1 aliphatic carbocycles. The van der Waals surface area contributed by atoms with Gasteiger partial charge in [0.2, 0.25) is 5.13 Å². The normalized spacial score (nSPS) is 32.0. The fourth-order valence-electron chi connectivity index (χ4n) is 2.05. The van der Waals surface area contributed by atoms with Crippen LogP contribution in [0, 0.1) is 5.92 Å². The topological polar surface area (TPSA) is 47.0 Å². The zero-order chi connectivity index (χ0) is 9.38. The first-order valence-electron chi connectivity index (χ1n) is 5.08. The summed E-state index contributed by atoms with van der Waals surface area (Å²) in [5.41, 5.74) is 1.75. The van der Waals surface area contributed by atoms with Gasteiger partial charge in [-0.2, -0.15) is 0 Å². The Balaban J connectivity index is 1.65. The fraction of sp³-hybridized carbons (Fsp3) is 0.778. The van der Waals surface area contributed by atoms with E-state index in [0.29, 0.717) is 12.1 Å². The van der Waals surface area contributed by atoms with Crippen molar-refractivity contribution in [2.75, 3.05) is 11.9 Å². The molecule has 2 aliphatic rings. The van der Waals surface area contributed by atoms with E-state index in [1.54, 1.807) is 16.8 Å². The molecule has 4 nitrogen and oxygen atoms in total. The lowest BCUT2D eigenvalue weighted by Gasteiger charge is -2.18. The summed E-state index contributed by atoms with van der Waals surface area (Å²) in [6.07, 6.45) is 4.18. The number of hydrogen-bond donors (Lipinski definition) is 1. The van der Waals surface area contributed by atoms with Gasteiger partial charge in [0.05, 0.1) is 12.1 Å². The van der Waals surface area contributed by atoms with E-state index in [9.17, 15) is 0 Å². The lowest BCUT2D eigenvalue weighted by Crippen LogP contribution is -2.30. The van der Waals surface area contributed by atoms with Crippen molar-refractivity contribution in [3.05, 3.63) is 5.51 Å². The summed E-state index contributed by atoms with van der Waals surface area (Å²) in [5.74, 6) is 0.794. The minimum absolute atomic E-state index is 0.416. The van der Waals surface area contributed by atoms with Gasteiger partial charge in [0, 0.05) is 6.61 Å². The molecule has 2 atom stereocenters.